The van der Waals surface area contributed by atoms with Gasteiger partial charge in [-0.1, -0.05) is 55.8 Å². The molecule has 0 saturated heterocycles. The van der Waals surface area contributed by atoms with Gasteiger partial charge in [-0.2, -0.15) is 9.03 Å². The van der Waals surface area contributed by atoms with Crippen molar-refractivity contribution in [2.24, 2.45) is 11.8 Å². The standard InChI is InChI=1S/C32H42N6O6S3/c1-22(2)21-38(47(43,44)25-15-13-23(3)14-16-25)29(32(40)36-33)11-6-7-17-34-31(39)28(37-46(41,42)30-12-8-18-45-30)19-24-20-35-27-10-5-4-9-26(24)27/h4-5,8-10,12-16,18,20,22,28-29,35,37H,6-7,11,17,19,21,33H2,1-3H3,(H,34,39)(H,36,40)/t28-,29-/m0/s1. The first-order valence-corrected chi connectivity index (χ1v) is 19.1. The van der Waals surface area contributed by atoms with Crippen LogP contribution < -0.4 is 21.3 Å². The lowest BCUT2D eigenvalue weighted by Gasteiger charge is -2.31. The number of nitrogens with two attached hydrogens (primary N) is 1. The molecule has 2 atom stereocenters. The molecule has 254 valence electrons. The molecule has 0 saturated carbocycles. The summed E-state index contributed by atoms with van der Waals surface area (Å²) in [6.45, 7) is 5.86. The van der Waals surface area contributed by atoms with Crippen LogP contribution in [0.5, 0.6) is 0 Å². The van der Waals surface area contributed by atoms with Crippen LogP contribution in [0.4, 0.5) is 0 Å². The number of rotatable bonds is 17. The molecule has 2 aromatic carbocycles. The molecule has 2 heterocycles. The van der Waals surface area contributed by atoms with Crippen LogP contribution in [0, 0.1) is 12.8 Å². The second kappa shape index (κ2) is 16.0. The number of hydrogen-bond donors (Lipinski definition) is 5. The number of sulfonamides is 2. The van der Waals surface area contributed by atoms with Crippen LogP contribution in [0.3, 0.4) is 0 Å². The molecule has 4 rings (SSSR count). The Balaban J connectivity index is 1.44. The van der Waals surface area contributed by atoms with Crippen LogP contribution in [0.25, 0.3) is 10.9 Å². The van der Waals surface area contributed by atoms with Crippen LogP contribution in [-0.4, -0.2) is 63.1 Å². The number of nitrogens with one attached hydrogen (secondary N) is 4. The maximum absolute atomic E-state index is 13.7. The van der Waals surface area contributed by atoms with Crippen molar-refractivity contribution in [3.8, 4) is 0 Å². The van der Waals surface area contributed by atoms with E-state index in [2.05, 4.69) is 20.4 Å². The minimum atomic E-state index is -4.03. The third-order valence-corrected chi connectivity index (χ3v) is 12.4. The Bertz CT molecular complexity index is 1860. The lowest BCUT2D eigenvalue weighted by atomic mass is 10.0. The number of carbonyl (C=O) groups is 2. The van der Waals surface area contributed by atoms with Crippen LogP contribution in [0.1, 0.15) is 44.2 Å². The SMILES string of the molecule is Cc1ccc(S(=O)(=O)N(CC(C)C)[C@@H](CCCCNC(=O)[C@H](Cc2c[nH]c3ccccc23)NS(=O)(=O)c2cccs2)C(=O)NN)cc1. The molecule has 2 amide bonds. The van der Waals surface area contributed by atoms with Crippen molar-refractivity contribution in [2.75, 3.05) is 13.1 Å². The van der Waals surface area contributed by atoms with E-state index in [1.807, 2.05) is 45.0 Å². The summed E-state index contributed by atoms with van der Waals surface area (Å²) in [4.78, 5) is 29.6. The molecule has 0 radical (unpaired) electrons. The number of fused-ring (bicyclic) bond motifs is 1. The van der Waals surface area contributed by atoms with Crippen molar-refractivity contribution in [3.05, 3.63) is 83.4 Å². The van der Waals surface area contributed by atoms with E-state index in [4.69, 9.17) is 5.84 Å². The van der Waals surface area contributed by atoms with E-state index >= 15 is 0 Å². The zero-order valence-corrected chi connectivity index (χ0v) is 29.1. The van der Waals surface area contributed by atoms with Gasteiger partial charge in [-0.3, -0.25) is 15.0 Å². The maximum atomic E-state index is 13.7. The number of hydrogen-bond acceptors (Lipinski definition) is 8. The van der Waals surface area contributed by atoms with Gasteiger partial charge in [0.2, 0.25) is 15.9 Å². The highest BCUT2D eigenvalue weighted by Crippen LogP contribution is 2.24. The van der Waals surface area contributed by atoms with Crippen LogP contribution >= 0.6 is 11.3 Å². The van der Waals surface area contributed by atoms with Gasteiger partial charge in [0.1, 0.15) is 16.3 Å². The number of hydrazine groups is 1. The Labute approximate surface area is 280 Å². The number of benzene rings is 2. The van der Waals surface area contributed by atoms with Crippen molar-refractivity contribution in [1.82, 2.24) is 24.8 Å². The van der Waals surface area contributed by atoms with E-state index in [0.717, 1.165) is 33.4 Å². The monoisotopic (exact) mass is 702 g/mol. The third kappa shape index (κ3) is 9.27. The Morgan fingerprint density at radius 2 is 1.68 bits per heavy atom. The fourth-order valence-corrected chi connectivity index (χ4v) is 9.25. The van der Waals surface area contributed by atoms with Gasteiger partial charge in [0.25, 0.3) is 15.9 Å². The van der Waals surface area contributed by atoms with E-state index in [0.29, 0.717) is 12.8 Å². The fraction of sp³-hybridized carbons (Fsp3) is 0.375. The van der Waals surface area contributed by atoms with Crippen molar-refractivity contribution in [2.45, 2.75) is 67.6 Å². The van der Waals surface area contributed by atoms with Crippen LogP contribution in [0.15, 0.2) is 81.3 Å². The van der Waals surface area contributed by atoms with E-state index in [1.165, 1.54) is 22.5 Å². The highest BCUT2D eigenvalue weighted by atomic mass is 32.2. The van der Waals surface area contributed by atoms with E-state index in [1.54, 1.807) is 29.8 Å². The third-order valence-electron chi connectivity index (χ3n) is 7.64. The van der Waals surface area contributed by atoms with Gasteiger partial charge in [0.05, 0.1) is 4.90 Å². The topological polar surface area (TPSA) is 184 Å². The summed E-state index contributed by atoms with van der Waals surface area (Å²) in [5.74, 6) is 4.28. The van der Waals surface area contributed by atoms with Crippen molar-refractivity contribution >= 4 is 54.1 Å². The van der Waals surface area contributed by atoms with Crippen LogP contribution in [0.2, 0.25) is 0 Å². The first-order valence-electron chi connectivity index (χ1n) is 15.3. The quantitative estimate of drug-likeness (QED) is 0.0483. The Morgan fingerprint density at radius 3 is 2.34 bits per heavy atom. The summed E-state index contributed by atoms with van der Waals surface area (Å²) < 4.78 is 57.4. The molecule has 0 unspecified atom stereocenters. The summed E-state index contributed by atoms with van der Waals surface area (Å²) in [7, 11) is -7.99. The van der Waals surface area contributed by atoms with E-state index in [-0.39, 0.29) is 41.0 Å². The minimum Gasteiger partial charge on any atom is -0.361 e. The number of thiophene rings is 1. The van der Waals surface area contributed by atoms with E-state index in [9.17, 15) is 26.4 Å². The van der Waals surface area contributed by atoms with Crippen LogP contribution in [-0.2, 0) is 36.1 Å². The largest absolute Gasteiger partial charge is 0.361 e. The zero-order chi connectivity index (χ0) is 34.2. The molecule has 15 heteroatoms. The first-order chi connectivity index (χ1) is 22.3. The van der Waals surface area contributed by atoms with Crippen molar-refractivity contribution in [3.63, 3.8) is 0 Å². The van der Waals surface area contributed by atoms with Gasteiger partial charge in [0.15, 0.2) is 0 Å². The lowest BCUT2D eigenvalue weighted by molar-refractivity contribution is -0.125. The predicted molar refractivity (Wildman–Crippen MR) is 183 cm³/mol. The summed E-state index contributed by atoms with van der Waals surface area (Å²) in [5, 5.41) is 5.36. The molecule has 0 fully saturated rings. The highest BCUT2D eigenvalue weighted by molar-refractivity contribution is 7.91. The van der Waals surface area contributed by atoms with Gasteiger partial charge in [-0.15, -0.1) is 11.3 Å². The molecule has 12 nitrogen and oxygen atoms in total. The molecule has 0 spiro atoms. The average molecular weight is 703 g/mol. The van der Waals surface area contributed by atoms with E-state index < -0.39 is 43.9 Å². The van der Waals surface area contributed by atoms with Gasteiger partial charge in [-0.05, 0) is 73.7 Å². The molecule has 0 aliphatic heterocycles. The molecule has 6 N–H and O–H groups in total. The van der Waals surface area contributed by atoms with Gasteiger partial charge in [0, 0.05) is 30.2 Å². The number of nitrogens with zero attached hydrogens (tertiary/aromatic N) is 1. The molecule has 4 aromatic rings. The number of H-pyrrole nitrogens is 1. The molecule has 0 bridgehead atoms. The fourth-order valence-electron chi connectivity index (χ4n) is 5.27. The number of aryl methyl sites for hydroxylation is 1. The molecule has 2 aromatic heterocycles. The number of amides is 2. The second-order valence-electron chi connectivity index (χ2n) is 11.8. The number of aromatic nitrogens is 1. The normalized spacial score (nSPS) is 13.6. The number of carbonyl (C=O) groups excluding carboxylic acids is 2. The minimum absolute atomic E-state index is 0.0744. The number of para-hydroxylation sites is 1. The van der Waals surface area contributed by atoms with Crippen molar-refractivity contribution < 1.29 is 26.4 Å². The smallest absolute Gasteiger partial charge is 0.252 e. The molecule has 47 heavy (non-hydrogen) atoms. The Morgan fingerprint density at radius 1 is 0.957 bits per heavy atom. The lowest BCUT2D eigenvalue weighted by Crippen LogP contribution is -2.52. The maximum Gasteiger partial charge on any atom is 0.252 e. The Kier molecular flexibility index (Phi) is 12.3. The average Bonchev–Trinajstić information content (AvgIpc) is 3.73. The summed E-state index contributed by atoms with van der Waals surface area (Å²) >= 11 is 1.06. The number of aromatic amines is 1. The Hall–Kier alpha value is -3.60. The predicted octanol–water partition coefficient (Wildman–Crippen LogP) is 3.42. The first kappa shape index (κ1) is 36.2. The highest BCUT2D eigenvalue weighted by Gasteiger charge is 2.36. The number of unbranched alkanes of at least 4 members (excludes halogenated alkanes) is 1. The summed E-state index contributed by atoms with van der Waals surface area (Å²) in [6.07, 6.45) is 2.81. The van der Waals surface area contributed by atoms with Gasteiger partial charge >= 0.3 is 0 Å². The van der Waals surface area contributed by atoms with Gasteiger partial charge in [-0.25, -0.2) is 22.7 Å². The van der Waals surface area contributed by atoms with Crippen molar-refractivity contribution in [1.29, 1.82) is 0 Å². The molecular formula is C32H42N6O6S3. The zero-order valence-electron chi connectivity index (χ0n) is 26.6. The summed E-state index contributed by atoms with van der Waals surface area (Å²) in [5.41, 5.74) is 4.67. The molecule has 0 aliphatic carbocycles. The second-order valence-corrected chi connectivity index (χ2v) is 16.5. The van der Waals surface area contributed by atoms with Gasteiger partial charge < -0.3 is 10.3 Å². The summed E-state index contributed by atoms with van der Waals surface area (Å²) in [6, 6.07) is 14.9. The molecule has 0 aliphatic rings. The molecular weight excluding hydrogens is 661 g/mol.